The highest BCUT2D eigenvalue weighted by Crippen LogP contribution is 2.51. The number of amides is 1. The summed E-state index contributed by atoms with van der Waals surface area (Å²) in [6, 6.07) is 14.2. The topological polar surface area (TPSA) is 45.1 Å². The van der Waals surface area contributed by atoms with Gasteiger partial charge in [0.15, 0.2) is 5.17 Å². The van der Waals surface area contributed by atoms with Crippen molar-refractivity contribution in [2.24, 2.45) is 4.99 Å². The number of ether oxygens (including phenoxy) is 1. The molecule has 2 fully saturated rings. The Morgan fingerprint density at radius 2 is 1.91 bits per heavy atom. The summed E-state index contributed by atoms with van der Waals surface area (Å²) in [7, 11) is 3.69. The molecule has 5 rings (SSSR count). The van der Waals surface area contributed by atoms with E-state index >= 15 is 0 Å². The third-order valence-corrected chi connectivity index (χ3v) is 8.92. The standard InChI is InChI=1S/C24H24BrN3O2S2/c1-27-19-14-18(30-2)11-12-20(19)31-23(27)21-22(29)28(17-9-4-3-5-10-17)24(32-21)26-16-8-6-7-15(25)13-16/h6-8,11-14,17H,3-5,9-10H2,1-2H3. The van der Waals surface area contributed by atoms with Crippen LogP contribution in [-0.2, 0) is 4.79 Å². The molecule has 5 nitrogen and oxygen atoms in total. The van der Waals surface area contributed by atoms with Gasteiger partial charge in [-0.15, -0.1) is 0 Å². The van der Waals surface area contributed by atoms with E-state index in [1.807, 2.05) is 48.3 Å². The lowest BCUT2D eigenvalue weighted by Gasteiger charge is -2.30. The van der Waals surface area contributed by atoms with Crippen LogP contribution in [0.15, 0.2) is 66.8 Å². The number of aliphatic imine (C=N–C) groups is 1. The lowest BCUT2D eigenvalue weighted by molar-refractivity contribution is -0.124. The van der Waals surface area contributed by atoms with E-state index in [-0.39, 0.29) is 11.9 Å². The van der Waals surface area contributed by atoms with E-state index in [1.165, 1.54) is 18.2 Å². The lowest BCUT2D eigenvalue weighted by Crippen LogP contribution is -2.40. The smallest absolute Gasteiger partial charge is 0.269 e. The number of anilines is 1. The van der Waals surface area contributed by atoms with Crippen molar-refractivity contribution >= 4 is 61.9 Å². The first-order valence-corrected chi connectivity index (χ1v) is 13.2. The summed E-state index contributed by atoms with van der Waals surface area (Å²) in [5, 5.41) is 1.74. The number of hydrogen-bond acceptors (Lipinski definition) is 6. The lowest BCUT2D eigenvalue weighted by atomic mass is 9.94. The van der Waals surface area contributed by atoms with E-state index < -0.39 is 0 Å². The molecule has 0 spiro atoms. The summed E-state index contributed by atoms with van der Waals surface area (Å²) in [5.41, 5.74) is 1.91. The van der Waals surface area contributed by atoms with Crippen LogP contribution in [-0.4, -0.2) is 36.2 Å². The number of nitrogens with zero attached hydrogens (tertiary/aromatic N) is 3. The number of hydrogen-bond donors (Lipinski definition) is 0. The minimum absolute atomic E-state index is 0.0739. The largest absolute Gasteiger partial charge is 0.497 e. The van der Waals surface area contributed by atoms with Gasteiger partial charge in [-0.25, -0.2) is 4.99 Å². The van der Waals surface area contributed by atoms with Gasteiger partial charge < -0.3 is 9.64 Å². The summed E-state index contributed by atoms with van der Waals surface area (Å²) >= 11 is 6.67. The molecule has 166 valence electrons. The third kappa shape index (κ3) is 4.08. The second-order valence-corrected chi connectivity index (χ2v) is 11.0. The van der Waals surface area contributed by atoms with Crippen molar-refractivity contribution in [3.8, 4) is 5.75 Å². The average molecular weight is 531 g/mol. The first-order chi connectivity index (χ1) is 15.5. The molecule has 2 aromatic rings. The van der Waals surface area contributed by atoms with Crippen molar-refractivity contribution in [3.63, 3.8) is 0 Å². The number of methoxy groups -OCH3 is 1. The van der Waals surface area contributed by atoms with Crippen molar-refractivity contribution in [3.05, 3.63) is 56.9 Å². The average Bonchev–Trinajstić information content (AvgIpc) is 3.30. The summed E-state index contributed by atoms with van der Waals surface area (Å²) in [6.45, 7) is 0. The van der Waals surface area contributed by atoms with Crippen LogP contribution in [0.4, 0.5) is 11.4 Å². The predicted molar refractivity (Wildman–Crippen MR) is 137 cm³/mol. The quantitative estimate of drug-likeness (QED) is 0.410. The van der Waals surface area contributed by atoms with Crippen LogP contribution >= 0.6 is 39.5 Å². The number of halogens is 1. The van der Waals surface area contributed by atoms with Crippen molar-refractivity contribution in [1.29, 1.82) is 0 Å². The number of fused-ring (bicyclic) bond motifs is 1. The fourth-order valence-corrected chi connectivity index (χ4v) is 7.13. The summed E-state index contributed by atoms with van der Waals surface area (Å²) in [6.07, 6.45) is 5.64. The maximum Gasteiger partial charge on any atom is 0.269 e. The van der Waals surface area contributed by atoms with E-state index in [0.29, 0.717) is 0 Å². The van der Waals surface area contributed by atoms with Crippen molar-refractivity contribution in [2.45, 2.75) is 43.0 Å². The van der Waals surface area contributed by atoms with Crippen molar-refractivity contribution in [2.75, 3.05) is 19.1 Å². The fraction of sp³-hybridized carbons (Fsp3) is 0.333. The number of carbonyl (C=O) groups is 1. The van der Waals surface area contributed by atoms with E-state index in [0.717, 1.165) is 67.3 Å². The Labute approximate surface area is 205 Å². The van der Waals surface area contributed by atoms with Gasteiger partial charge in [0, 0.05) is 28.5 Å². The Morgan fingerprint density at radius 1 is 1.09 bits per heavy atom. The molecular formula is C24H24BrN3O2S2. The normalized spacial score (nSPS) is 22.7. The van der Waals surface area contributed by atoms with Gasteiger partial charge in [0.25, 0.3) is 5.91 Å². The molecule has 2 aromatic carbocycles. The first kappa shape index (κ1) is 21.9. The summed E-state index contributed by atoms with van der Waals surface area (Å²) in [5.74, 6) is 0.887. The highest BCUT2D eigenvalue weighted by Gasteiger charge is 2.42. The molecule has 32 heavy (non-hydrogen) atoms. The summed E-state index contributed by atoms with van der Waals surface area (Å²) in [4.78, 5) is 24.6. The first-order valence-electron chi connectivity index (χ1n) is 10.7. The Kier molecular flexibility index (Phi) is 6.27. The summed E-state index contributed by atoms with van der Waals surface area (Å²) < 4.78 is 6.38. The van der Waals surface area contributed by atoms with Gasteiger partial charge in [-0.3, -0.25) is 9.69 Å². The molecular weight excluding hydrogens is 506 g/mol. The van der Waals surface area contributed by atoms with Crippen LogP contribution in [0.5, 0.6) is 5.75 Å². The van der Waals surface area contributed by atoms with Crippen LogP contribution in [0.2, 0.25) is 0 Å². The van der Waals surface area contributed by atoms with Crippen molar-refractivity contribution < 1.29 is 9.53 Å². The second-order valence-electron chi connectivity index (χ2n) is 8.07. The van der Waals surface area contributed by atoms with E-state index in [4.69, 9.17) is 9.73 Å². The number of benzene rings is 2. The zero-order valence-electron chi connectivity index (χ0n) is 18.0. The molecule has 2 heterocycles. The molecule has 0 unspecified atom stereocenters. The molecule has 0 atom stereocenters. The molecule has 8 heteroatoms. The zero-order chi connectivity index (χ0) is 22.2. The van der Waals surface area contributed by atoms with Crippen LogP contribution in [0.1, 0.15) is 32.1 Å². The molecule has 2 aliphatic heterocycles. The van der Waals surface area contributed by atoms with Gasteiger partial charge in [-0.2, -0.15) is 0 Å². The second kappa shape index (κ2) is 9.15. The van der Waals surface area contributed by atoms with Crippen LogP contribution < -0.4 is 9.64 Å². The number of rotatable bonds is 3. The Bertz CT molecular complexity index is 1130. The number of thioether (sulfide) groups is 2. The minimum atomic E-state index is 0.0739. The maximum atomic E-state index is 13.8. The van der Waals surface area contributed by atoms with E-state index in [1.54, 1.807) is 18.9 Å². The third-order valence-electron chi connectivity index (χ3n) is 6.02. The molecule has 3 aliphatic rings. The zero-order valence-corrected chi connectivity index (χ0v) is 21.2. The highest BCUT2D eigenvalue weighted by molar-refractivity contribution is 9.10. The van der Waals surface area contributed by atoms with Crippen LogP contribution in [0, 0.1) is 0 Å². The Balaban J connectivity index is 1.55. The Morgan fingerprint density at radius 3 is 2.66 bits per heavy atom. The number of carbonyl (C=O) groups excluding carboxylic acids is 1. The molecule has 0 N–H and O–H groups in total. The van der Waals surface area contributed by atoms with Crippen LogP contribution in [0.25, 0.3) is 0 Å². The Hall–Kier alpha value is -1.90. The molecule has 1 saturated heterocycles. The SMILES string of the molecule is COc1ccc2c(c1)N(C)C(=C1SC(=Nc3cccc(Br)c3)N(C3CCCCC3)C1=O)S2. The van der Waals surface area contributed by atoms with E-state index in [9.17, 15) is 4.79 Å². The van der Waals surface area contributed by atoms with Crippen LogP contribution in [0.3, 0.4) is 0 Å². The molecule has 1 saturated carbocycles. The molecule has 0 aromatic heterocycles. The monoisotopic (exact) mass is 529 g/mol. The van der Waals surface area contributed by atoms with Gasteiger partial charge in [-0.05, 0) is 54.9 Å². The van der Waals surface area contributed by atoms with Gasteiger partial charge in [-0.1, -0.05) is 53.0 Å². The maximum absolute atomic E-state index is 13.8. The van der Waals surface area contributed by atoms with Gasteiger partial charge >= 0.3 is 0 Å². The van der Waals surface area contributed by atoms with E-state index in [2.05, 4.69) is 26.9 Å². The minimum Gasteiger partial charge on any atom is -0.497 e. The van der Waals surface area contributed by atoms with Gasteiger partial charge in [0.05, 0.1) is 23.5 Å². The molecule has 1 amide bonds. The molecule has 0 radical (unpaired) electrons. The van der Waals surface area contributed by atoms with Crippen molar-refractivity contribution in [1.82, 2.24) is 4.90 Å². The fourth-order valence-electron chi connectivity index (χ4n) is 4.36. The van der Waals surface area contributed by atoms with Gasteiger partial charge in [0.2, 0.25) is 0 Å². The predicted octanol–water partition coefficient (Wildman–Crippen LogP) is 6.76. The molecule has 0 bridgehead atoms. The molecule has 1 aliphatic carbocycles. The number of amidine groups is 1. The van der Waals surface area contributed by atoms with Gasteiger partial charge in [0.1, 0.15) is 10.7 Å². The highest BCUT2D eigenvalue weighted by atomic mass is 79.9.